The Morgan fingerprint density at radius 2 is 0.903 bits per heavy atom. The standard InChI is InChI=1S/C53H98NO7P/c1-3-5-7-9-11-13-15-17-19-21-23-24-25-26-27-28-29-30-32-34-36-38-40-42-44-46-53(55)61-52(51-60-62(56,57)59-49-47-54)50-58-48-45-43-41-39-37-35-33-31-22-20-18-16-14-12-10-8-6-4-2/h6,8,12,14,18,20-21,23,31,33,52H,3-5,7,9-11,13,15-17,19,22,24-30,32,34-51,54H2,1-2H3,(H,56,57)/b8-6-,14-12-,20-18-,23-21-,33-31-. The van der Waals surface area contributed by atoms with Gasteiger partial charge < -0.3 is 20.1 Å². The molecule has 0 aromatic carbocycles. The molecular formula is C53H98NO7P. The van der Waals surface area contributed by atoms with Crippen LogP contribution in [0.1, 0.15) is 232 Å². The summed E-state index contributed by atoms with van der Waals surface area (Å²) in [6.07, 6.45) is 62.6. The zero-order chi connectivity index (χ0) is 45.1. The summed E-state index contributed by atoms with van der Waals surface area (Å²) in [5.74, 6) is -0.336. The number of hydrogen-bond donors (Lipinski definition) is 2. The topological polar surface area (TPSA) is 117 Å². The maximum Gasteiger partial charge on any atom is 0.472 e. The van der Waals surface area contributed by atoms with Gasteiger partial charge in [0.2, 0.25) is 0 Å². The van der Waals surface area contributed by atoms with Gasteiger partial charge in [0, 0.05) is 19.6 Å². The highest BCUT2D eigenvalue weighted by atomic mass is 31.2. The van der Waals surface area contributed by atoms with Crippen molar-refractivity contribution in [2.75, 3.05) is 33.0 Å². The number of unbranched alkanes of at least 4 members (excludes halogenated alkanes) is 26. The monoisotopic (exact) mass is 892 g/mol. The fourth-order valence-corrected chi connectivity index (χ4v) is 7.93. The maximum absolute atomic E-state index is 12.7. The number of carbonyl (C=O) groups is 1. The lowest BCUT2D eigenvalue weighted by atomic mass is 10.0. The molecule has 0 saturated carbocycles. The molecule has 0 aromatic rings. The van der Waals surface area contributed by atoms with Crippen LogP contribution in [0.4, 0.5) is 0 Å². The predicted octanol–water partition coefficient (Wildman–Crippen LogP) is 16.1. The van der Waals surface area contributed by atoms with E-state index in [1.54, 1.807) is 0 Å². The van der Waals surface area contributed by atoms with E-state index in [9.17, 15) is 14.3 Å². The van der Waals surface area contributed by atoms with Crippen LogP contribution in [0.25, 0.3) is 0 Å². The van der Waals surface area contributed by atoms with Crippen LogP contribution >= 0.6 is 7.82 Å². The largest absolute Gasteiger partial charge is 0.472 e. The van der Waals surface area contributed by atoms with E-state index in [1.165, 1.54) is 141 Å². The van der Waals surface area contributed by atoms with E-state index < -0.39 is 13.9 Å². The first-order chi connectivity index (χ1) is 30.4. The number of phosphoric ester groups is 1. The molecule has 2 atom stereocenters. The molecule has 0 aromatic heterocycles. The molecule has 0 fully saturated rings. The first kappa shape index (κ1) is 60.2. The second-order valence-electron chi connectivity index (χ2n) is 17.0. The van der Waals surface area contributed by atoms with Gasteiger partial charge in [0.15, 0.2) is 0 Å². The van der Waals surface area contributed by atoms with Crippen molar-refractivity contribution >= 4 is 13.8 Å². The lowest BCUT2D eigenvalue weighted by molar-refractivity contribution is -0.154. The number of allylic oxidation sites excluding steroid dienone is 10. The average Bonchev–Trinajstić information content (AvgIpc) is 3.26. The van der Waals surface area contributed by atoms with E-state index in [4.69, 9.17) is 24.3 Å². The maximum atomic E-state index is 12.7. The Labute approximate surface area is 383 Å². The van der Waals surface area contributed by atoms with Crippen LogP contribution in [0.2, 0.25) is 0 Å². The van der Waals surface area contributed by atoms with E-state index in [0.29, 0.717) is 13.0 Å². The Morgan fingerprint density at radius 3 is 1.37 bits per heavy atom. The molecule has 2 unspecified atom stereocenters. The second kappa shape index (κ2) is 50.2. The van der Waals surface area contributed by atoms with Crippen molar-refractivity contribution in [3.8, 4) is 0 Å². The van der Waals surface area contributed by atoms with Gasteiger partial charge in [-0.25, -0.2) is 4.57 Å². The van der Waals surface area contributed by atoms with Crippen molar-refractivity contribution in [1.29, 1.82) is 0 Å². The quantitative estimate of drug-likeness (QED) is 0.0268. The van der Waals surface area contributed by atoms with Crippen molar-refractivity contribution in [2.45, 2.75) is 238 Å². The summed E-state index contributed by atoms with van der Waals surface area (Å²) in [5, 5.41) is 0. The van der Waals surface area contributed by atoms with Gasteiger partial charge >= 0.3 is 13.8 Å². The summed E-state index contributed by atoms with van der Waals surface area (Å²) >= 11 is 0. The fourth-order valence-electron chi connectivity index (χ4n) is 7.16. The Bertz CT molecular complexity index is 1140. The van der Waals surface area contributed by atoms with E-state index >= 15 is 0 Å². The van der Waals surface area contributed by atoms with Gasteiger partial charge in [-0.1, -0.05) is 209 Å². The molecule has 0 aliphatic carbocycles. The van der Waals surface area contributed by atoms with Gasteiger partial charge in [-0.3, -0.25) is 13.8 Å². The van der Waals surface area contributed by atoms with Gasteiger partial charge in [0.1, 0.15) is 6.10 Å². The molecule has 0 amide bonds. The van der Waals surface area contributed by atoms with Gasteiger partial charge in [-0.05, 0) is 77.0 Å². The van der Waals surface area contributed by atoms with E-state index in [2.05, 4.69) is 74.6 Å². The molecule has 3 N–H and O–H groups in total. The molecule has 0 spiro atoms. The average molecular weight is 892 g/mol. The van der Waals surface area contributed by atoms with Gasteiger partial charge in [0.25, 0.3) is 0 Å². The van der Waals surface area contributed by atoms with Crippen LogP contribution in [0.15, 0.2) is 60.8 Å². The minimum Gasteiger partial charge on any atom is -0.457 e. The van der Waals surface area contributed by atoms with Crippen molar-refractivity contribution in [1.82, 2.24) is 0 Å². The molecule has 8 nitrogen and oxygen atoms in total. The number of nitrogens with two attached hydrogens (primary N) is 1. The van der Waals surface area contributed by atoms with Crippen LogP contribution in [0.5, 0.6) is 0 Å². The number of hydrogen-bond acceptors (Lipinski definition) is 7. The third-order valence-electron chi connectivity index (χ3n) is 10.9. The van der Waals surface area contributed by atoms with Crippen molar-refractivity contribution < 1.29 is 32.8 Å². The van der Waals surface area contributed by atoms with Crippen LogP contribution < -0.4 is 5.73 Å². The predicted molar refractivity (Wildman–Crippen MR) is 266 cm³/mol. The fraction of sp³-hybridized carbons (Fsp3) is 0.792. The summed E-state index contributed by atoms with van der Waals surface area (Å²) in [7, 11) is -4.29. The minimum atomic E-state index is -4.29. The molecule has 0 bridgehead atoms. The number of rotatable bonds is 49. The molecule has 0 aliphatic rings. The Kier molecular flexibility index (Phi) is 48.7. The first-order valence-electron chi connectivity index (χ1n) is 25.8. The number of ether oxygens (including phenoxy) is 2. The summed E-state index contributed by atoms with van der Waals surface area (Å²) in [6.45, 7) is 4.78. The normalized spacial score (nSPS) is 13.8. The molecular weight excluding hydrogens is 794 g/mol. The Morgan fingerprint density at radius 1 is 0.500 bits per heavy atom. The second-order valence-corrected chi connectivity index (χ2v) is 18.5. The highest BCUT2D eigenvalue weighted by molar-refractivity contribution is 7.47. The first-order valence-corrected chi connectivity index (χ1v) is 27.3. The number of phosphoric acid groups is 1. The zero-order valence-electron chi connectivity index (χ0n) is 40.3. The highest BCUT2D eigenvalue weighted by Gasteiger charge is 2.25. The summed E-state index contributed by atoms with van der Waals surface area (Å²) in [4.78, 5) is 22.6. The van der Waals surface area contributed by atoms with Gasteiger partial charge in [-0.15, -0.1) is 0 Å². The third-order valence-corrected chi connectivity index (χ3v) is 11.9. The minimum absolute atomic E-state index is 0.0952. The summed E-state index contributed by atoms with van der Waals surface area (Å²) < 4.78 is 33.6. The molecule has 62 heavy (non-hydrogen) atoms. The van der Waals surface area contributed by atoms with Crippen molar-refractivity contribution in [3.63, 3.8) is 0 Å². The molecule has 0 rings (SSSR count). The number of carbonyl (C=O) groups excluding carboxylic acids is 1. The smallest absolute Gasteiger partial charge is 0.457 e. The van der Waals surface area contributed by atoms with Crippen molar-refractivity contribution in [3.05, 3.63) is 60.8 Å². The van der Waals surface area contributed by atoms with Crippen molar-refractivity contribution in [2.24, 2.45) is 5.73 Å². The molecule has 9 heteroatoms. The van der Waals surface area contributed by atoms with E-state index in [1.807, 2.05) is 0 Å². The lowest BCUT2D eigenvalue weighted by Gasteiger charge is -2.20. The van der Waals surface area contributed by atoms with E-state index in [0.717, 1.165) is 70.6 Å². The van der Waals surface area contributed by atoms with E-state index in [-0.39, 0.29) is 32.3 Å². The molecule has 362 valence electrons. The van der Waals surface area contributed by atoms with Crippen LogP contribution in [-0.4, -0.2) is 49.9 Å². The zero-order valence-corrected chi connectivity index (χ0v) is 41.2. The lowest BCUT2D eigenvalue weighted by Crippen LogP contribution is -2.28. The Hall–Kier alpha value is -1.80. The summed E-state index contributed by atoms with van der Waals surface area (Å²) in [6, 6.07) is 0. The van der Waals surface area contributed by atoms with Crippen LogP contribution in [0.3, 0.4) is 0 Å². The molecule has 0 heterocycles. The van der Waals surface area contributed by atoms with Gasteiger partial charge in [0.05, 0.1) is 19.8 Å². The molecule has 0 aliphatic heterocycles. The SMILES string of the molecule is CC/C=C\C/C=C\C/C=C\C/C=C\CCCCCCCOCC(COP(=O)(O)OCCN)OC(=O)CCCCCCCCCCCCCCC/C=C\CCCCCCCCCC. The molecule has 0 saturated heterocycles. The summed E-state index contributed by atoms with van der Waals surface area (Å²) in [5.41, 5.74) is 5.39. The highest BCUT2D eigenvalue weighted by Crippen LogP contribution is 2.43. The van der Waals surface area contributed by atoms with Crippen LogP contribution in [-0.2, 0) is 27.9 Å². The number of esters is 1. The van der Waals surface area contributed by atoms with Gasteiger partial charge in [-0.2, -0.15) is 0 Å². The Balaban J connectivity index is 3.94. The van der Waals surface area contributed by atoms with Crippen LogP contribution in [0, 0.1) is 0 Å². The molecule has 0 radical (unpaired) electrons. The third kappa shape index (κ3) is 49.2.